The Kier molecular flexibility index (Phi) is 4.59. The zero-order valence-corrected chi connectivity index (χ0v) is 13.0. The number of aliphatic hydroxyl groups excluding tert-OH is 1. The van der Waals surface area contributed by atoms with Crippen LogP contribution >= 0.6 is 11.3 Å². The predicted molar refractivity (Wildman–Crippen MR) is 80.2 cm³/mol. The second-order valence-electron chi connectivity index (χ2n) is 4.58. The molecule has 1 heterocycles. The van der Waals surface area contributed by atoms with Crippen LogP contribution in [0.15, 0.2) is 35.2 Å². The van der Waals surface area contributed by atoms with Crippen molar-refractivity contribution >= 4 is 21.4 Å². The summed E-state index contributed by atoms with van der Waals surface area (Å²) in [6.45, 7) is 4.13. The molecule has 20 heavy (non-hydrogen) atoms. The Bertz CT molecular complexity index is 685. The Morgan fingerprint density at radius 2 is 2.00 bits per heavy atom. The van der Waals surface area contributed by atoms with Crippen LogP contribution in [0, 0.1) is 13.8 Å². The molecule has 0 amide bonds. The molecule has 0 spiro atoms. The van der Waals surface area contributed by atoms with Crippen LogP contribution in [0.4, 0.5) is 0 Å². The average molecular weight is 311 g/mol. The molecule has 0 fully saturated rings. The summed E-state index contributed by atoms with van der Waals surface area (Å²) in [6, 6.07) is 8.30. The third kappa shape index (κ3) is 3.46. The summed E-state index contributed by atoms with van der Waals surface area (Å²) < 4.78 is 26.9. The van der Waals surface area contributed by atoms with Crippen molar-refractivity contribution in [2.24, 2.45) is 0 Å². The molecule has 0 saturated heterocycles. The van der Waals surface area contributed by atoms with E-state index in [1.807, 2.05) is 19.9 Å². The standard InChI is InChI=1S/C14H17NO3S2/c1-10-6-13(19-11(10)2)8-15-20(17,18)14-5-3-4-12(7-14)9-16/h3-7,15-16H,8-9H2,1-2H3. The number of aliphatic hydroxyl groups is 1. The first-order chi connectivity index (χ1) is 9.42. The maximum absolute atomic E-state index is 12.2. The molecule has 1 aromatic heterocycles. The molecule has 0 aliphatic carbocycles. The van der Waals surface area contributed by atoms with Gasteiger partial charge in [-0.1, -0.05) is 12.1 Å². The van der Waals surface area contributed by atoms with Crippen LogP contribution in [-0.2, 0) is 23.2 Å². The molecule has 6 heteroatoms. The Labute approximate surface area is 123 Å². The zero-order chi connectivity index (χ0) is 14.8. The van der Waals surface area contributed by atoms with Crippen LogP contribution in [-0.4, -0.2) is 13.5 Å². The number of benzene rings is 1. The van der Waals surface area contributed by atoms with Gasteiger partial charge in [0, 0.05) is 16.3 Å². The van der Waals surface area contributed by atoms with Crippen molar-refractivity contribution in [3.05, 3.63) is 51.2 Å². The molecular weight excluding hydrogens is 294 g/mol. The van der Waals surface area contributed by atoms with Gasteiger partial charge >= 0.3 is 0 Å². The summed E-state index contributed by atoms with van der Waals surface area (Å²) >= 11 is 1.59. The molecule has 0 aliphatic rings. The monoisotopic (exact) mass is 311 g/mol. The van der Waals surface area contributed by atoms with Gasteiger partial charge in [-0.3, -0.25) is 0 Å². The normalized spacial score (nSPS) is 11.8. The minimum absolute atomic E-state index is 0.174. The quantitative estimate of drug-likeness (QED) is 0.890. The van der Waals surface area contributed by atoms with Crippen LogP contribution < -0.4 is 4.72 Å². The summed E-state index contributed by atoms with van der Waals surface area (Å²) in [4.78, 5) is 2.36. The lowest BCUT2D eigenvalue weighted by Crippen LogP contribution is -2.22. The van der Waals surface area contributed by atoms with Crippen LogP contribution in [0.5, 0.6) is 0 Å². The Balaban J connectivity index is 2.14. The zero-order valence-electron chi connectivity index (χ0n) is 11.4. The van der Waals surface area contributed by atoms with Gasteiger partial charge in [0.1, 0.15) is 0 Å². The molecule has 2 rings (SSSR count). The van der Waals surface area contributed by atoms with Crippen molar-refractivity contribution in [1.82, 2.24) is 4.72 Å². The largest absolute Gasteiger partial charge is 0.392 e. The highest BCUT2D eigenvalue weighted by Gasteiger charge is 2.14. The highest BCUT2D eigenvalue weighted by atomic mass is 32.2. The van der Waals surface area contributed by atoms with Gasteiger partial charge < -0.3 is 5.11 Å². The van der Waals surface area contributed by atoms with E-state index < -0.39 is 10.0 Å². The van der Waals surface area contributed by atoms with Crippen molar-refractivity contribution in [2.75, 3.05) is 0 Å². The first-order valence-corrected chi connectivity index (χ1v) is 8.48. The van der Waals surface area contributed by atoms with Gasteiger partial charge in [-0.25, -0.2) is 13.1 Å². The first kappa shape index (κ1) is 15.2. The predicted octanol–water partition coefficient (Wildman–Crippen LogP) is 2.34. The molecular formula is C14H17NO3S2. The van der Waals surface area contributed by atoms with E-state index in [2.05, 4.69) is 4.72 Å². The molecule has 1 aromatic carbocycles. The minimum Gasteiger partial charge on any atom is -0.392 e. The molecule has 0 radical (unpaired) electrons. The van der Waals surface area contributed by atoms with Gasteiger partial charge in [0.25, 0.3) is 0 Å². The van der Waals surface area contributed by atoms with Gasteiger partial charge in [0.05, 0.1) is 11.5 Å². The van der Waals surface area contributed by atoms with E-state index in [9.17, 15) is 8.42 Å². The average Bonchev–Trinajstić information content (AvgIpc) is 2.76. The van der Waals surface area contributed by atoms with E-state index in [0.29, 0.717) is 5.56 Å². The Morgan fingerprint density at radius 1 is 1.25 bits per heavy atom. The molecule has 0 unspecified atom stereocenters. The molecule has 4 nitrogen and oxygen atoms in total. The fraction of sp³-hybridized carbons (Fsp3) is 0.286. The smallest absolute Gasteiger partial charge is 0.240 e. The van der Waals surface area contributed by atoms with Crippen molar-refractivity contribution < 1.29 is 13.5 Å². The lowest BCUT2D eigenvalue weighted by molar-refractivity contribution is 0.281. The number of aryl methyl sites for hydroxylation is 2. The van der Waals surface area contributed by atoms with E-state index >= 15 is 0 Å². The number of hydrogen-bond acceptors (Lipinski definition) is 4. The fourth-order valence-corrected chi connectivity index (χ4v) is 3.96. The molecule has 2 aromatic rings. The van der Waals surface area contributed by atoms with E-state index in [1.54, 1.807) is 23.5 Å². The molecule has 0 aliphatic heterocycles. The van der Waals surface area contributed by atoms with Gasteiger partial charge in [-0.2, -0.15) is 0 Å². The van der Waals surface area contributed by atoms with E-state index in [-0.39, 0.29) is 18.0 Å². The van der Waals surface area contributed by atoms with Gasteiger partial charge in [0.2, 0.25) is 10.0 Å². The number of nitrogens with one attached hydrogen (secondary N) is 1. The Morgan fingerprint density at radius 3 is 2.60 bits per heavy atom. The lowest BCUT2D eigenvalue weighted by atomic mass is 10.2. The molecule has 0 saturated carbocycles. The minimum atomic E-state index is -3.55. The van der Waals surface area contributed by atoms with Gasteiger partial charge in [-0.15, -0.1) is 11.3 Å². The van der Waals surface area contributed by atoms with Crippen molar-refractivity contribution in [3.63, 3.8) is 0 Å². The summed E-state index contributed by atoms with van der Waals surface area (Å²) in [5.41, 5.74) is 1.75. The van der Waals surface area contributed by atoms with E-state index in [0.717, 1.165) is 4.88 Å². The van der Waals surface area contributed by atoms with Crippen LogP contribution in [0.2, 0.25) is 0 Å². The van der Waals surface area contributed by atoms with Crippen molar-refractivity contribution in [3.8, 4) is 0 Å². The highest BCUT2D eigenvalue weighted by molar-refractivity contribution is 7.89. The van der Waals surface area contributed by atoms with Gasteiger partial charge in [0.15, 0.2) is 0 Å². The summed E-state index contributed by atoms with van der Waals surface area (Å²) in [5, 5.41) is 9.06. The third-order valence-electron chi connectivity index (χ3n) is 3.04. The molecule has 2 N–H and O–H groups in total. The van der Waals surface area contributed by atoms with Crippen LogP contribution in [0.3, 0.4) is 0 Å². The summed E-state index contributed by atoms with van der Waals surface area (Å²) in [6.07, 6.45) is 0. The van der Waals surface area contributed by atoms with Crippen molar-refractivity contribution in [1.29, 1.82) is 0 Å². The maximum Gasteiger partial charge on any atom is 0.240 e. The SMILES string of the molecule is Cc1cc(CNS(=O)(=O)c2cccc(CO)c2)sc1C. The molecule has 0 atom stereocenters. The number of hydrogen-bond donors (Lipinski definition) is 2. The molecule has 108 valence electrons. The lowest BCUT2D eigenvalue weighted by Gasteiger charge is -2.06. The second-order valence-corrected chi connectivity index (χ2v) is 7.69. The maximum atomic E-state index is 12.2. The number of thiophene rings is 1. The van der Waals surface area contributed by atoms with E-state index in [1.165, 1.54) is 22.6 Å². The van der Waals surface area contributed by atoms with E-state index in [4.69, 9.17) is 5.11 Å². The fourth-order valence-electron chi connectivity index (χ4n) is 1.80. The number of sulfonamides is 1. The van der Waals surface area contributed by atoms with Crippen LogP contribution in [0.1, 0.15) is 20.9 Å². The molecule has 0 bridgehead atoms. The van der Waals surface area contributed by atoms with Crippen molar-refractivity contribution in [2.45, 2.75) is 31.9 Å². The number of rotatable bonds is 5. The third-order valence-corrected chi connectivity index (χ3v) is 5.60. The summed E-state index contributed by atoms with van der Waals surface area (Å²) in [5.74, 6) is 0. The first-order valence-electron chi connectivity index (χ1n) is 6.18. The van der Waals surface area contributed by atoms with Crippen LogP contribution in [0.25, 0.3) is 0 Å². The Hall–Kier alpha value is -1.21. The summed E-state index contributed by atoms with van der Waals surface area (Å²) in [7, 11) is -3.55. The second kappa shape index (κ2) is 6.05. The topological polar surface area (TPSA) is 66.4 Å². The highest BCUT2D eigenvalue weighted by Crippen LogP contribution is 2.21. The van der Waals surface area contributed by atoms with Gasteiger partial charge in [-0.05, 0) is 43.2 Å².